The molecule has 4 aromatic rings. The maximum atomic E-state index is 12.3. The van der Waals surface area contributed by atoms with Crippen molar-refractivity contribution >= 4 is 17.0 Å². The molecule has 4 aromatic heterocycles. The zero-order valence-corrected chi connectivity index (χ0v) is 14.6. The summed E-state index contributed by atoms with van der Waals surface area (Å²) < 4.78 is 6.11. The molecule has 0 amide bonds. The van der Waals surface area contributed by atoms with Crippen molar-refractivity contribution in [1.82, 2.24) is 14.5 Å². The topological polar surface area (TPSA) is 84.5 Å². The molecule has 0 atom stereocenters. The molecule has 5 rings (SSSR count). The summed E-state index contributed by atoms with van der Waals surface area (Å²) in [4.78, 5) is 19.0. The van der Waals surface area contributed by atoms with Gasteiger partial charge >= 0.3 is 6.67 Å². The average molecular weight is 356 g/mol. The smallest absolute Gasteiger partial charge is 0.345 e. The highest BCUT2D eigenvalue weighted by Crippen LogP contribution is 2.16. The molecule has 5 heterocycles. The lowest BCUT2D eigenvalue weighted by Gasteiger charge is -1.95. The molecular formula is C20H16N6O+2. The van der Waals surface area contributed by atoms with Crippen LogP contribution in [0, 0.1) is 11.8 Å². The van der Waals surface area contributed by atoms with Crippen LogP contribution in [0.1, 0.15) is 11.1 Å². The number of aromatic nitrogens is 5. The van der Waals surface area contributed by atoms with Gasteiger partial charge in [-0.3, -0.25) is 9.78 Å². The van der Waals surface area contributed by atoms with Crippen LogP contribution < -0.4 is 20.4 Å². The second-order valence-electron chi connectivity index (χ2n) is 6.52. The van der Waals surface area contributed by atoms with Gasteiger partial charge in [-0.05, 0) is 12.1 Å². The Balaban J connectivity index is 1.57. The van der Waals surface area contributed by atoms with Gasteiger partial charge in [0.25, 0.3) is 16.9 Å². The molecule has 0 fully saturated rings. The fraction of sp³-hybridized carbons (Fsp3) is 0.100. The fourth-order valence-electron chi connectivity index (χ4n) is 3.49. The van der Waals surface area contributed by atoms with Crippen molar-refractivity contribution in [2.45, 2.75) is 6.67 Å². The first-order valence-electron chi connectivity index (χ1n) is 8.49. The van der Waals surface area contributed by atoms with Crippen LogP contribution in [0.2, 0.25) is 0 Å². The van der Waals surface area contributed by atoms with Gasteiger partial charge in [0.2, 0.25) is 5.95 Å². The molecule has 0 spiro atoms. The molecule has 130 valence electrons. The number of nitrogens with one attached hydrogen (secondary N) is 1. The number of nitrogens with two attached hydrogens (primary N) is 1. The molecule has 7 nitrogen and oxygen atoms in total. The summed E-state index contributed by atoms with van der Waals surface area (Å²) in [5.41, 5.74) is 9.72. The Labute approximate surface area is 154 Å². The Morgan fingerprint density at radius 3 is 2.93 bits per heavy atom. The van der Waals surface area contributed by atoms with Gasteiger partial charge in [-0.15, -0.1) is 9.13 Å². The summed E-state index contributed by atoms with van der Waals surface area (Å²) in [6, 6.07) is 10.2. The normalized spacial score (nSPS) is 11.7. The number of anilines is 1. The first-order chi connectivity index (χ1) is 13.1. The van der Waals surface area contributed by atoms with Crippen LogP contribution in [0.5, 0.6) is 0 Å². The van der Waals surface area contributed by atoms with Crippen molar-refractivity contribution in [3.05, 3.63) is 70.4 Å². The fourth-order valence-corrected chi connectivity index (χ4v) is 3.49. The predicted octanol–water partition coefficient (Wildman–Crippen LogP) is 0.305. The number of H-pyrrole nitrogens is 1. The van der Waals surface area contributed by atoms with Gasteiger partial charge in [0.05, 0.1) is 16.5 Å². The molecule has 27 heavy (non-hydrogen) atoms. The van der Waals surface area contributed by atoms with E-state index in [0.29, 0.717) is 16.6 Å². The Bertz CT molecular complexity index is 1350. The summed E-state index contributed by atoms with van der Waals surface area (Å²) in [7, 11) is 1.82. The Morgan fingerprint density at radius 1 is 1.19 bits per heavy atom. The number of pyridine rings is 2. The van der Waals surface area contributed by atoms with E-state index in [1.165, 1.54) is 5.69 Å². The van der Waals surface area contributed by atoms with Crippen LogP contribution >= 0.6 is 0 Å². The maximum Gasteiger partial charge on any atom is 0.345 e. The van der Waals surface area contributed by atoms with Crippen LogP contribution in [0.25, 0.3) is 22.4 Å². The second-order valence-corrected chi connectivity index (χ2v) is 6.52. The van der Waals surface area contributed by atoms with E-state index in [-0.39, 0.29) is 11.5 Å². The predicted molar refractivity (Wildman–Crippen MR) is 99.4 cm³/mol. The number of fused-ring (bicyclic) bond motifs is 4. The monoisotopic (exact) mass is 356 g/mol. The minimum Gasteiger partial charge on any atom is -0.369 e. The maximum absolute atomic E-state index is 12.3. The molecule has 0 aromatic carbocycles. The van der Waals surface area contributed by atoms with Gasteiger partial charge in [0.1, 0.15) is 0 Å². The highest BCUT2D eigenvalue weighted by Gasteiger charge is 2.32. The molecule has 0 unspecified atom stereocenters. The molecule has 3 N–H and O–H groups in total. The highest BCUT2D eigenvalue weighted by atomic mass is 16.1. The van der Waals surface area contributed by atoms with Gasteiger partial charge in [0, 0.05) is 31.4 Å². The Kier molecular flexibility index (Phi) is 3.15. The SMILES string of the molecule is Cn1cc(C#Cc2ccc3[n+](c2)C[n+]2ccccc2-3)c2c(=O)[nH]c(N)nc21. The minimum absolute atomic E-state index is 0.0975. The van der Waals surface area contributed by atoms with Gasteiger partial charge < -0.3 is 10.3 Å². The minimum atomic E-state index is -0.280. The van der Waals surface area contributed by atoms with Crippen LogP contribution in [0.3, 0.4) is 0 Å². The standard InChI is InChI=1S/C20H14N6O/c1-24-11-14(17-18(24)22-20(21)23-19(17)27)7-5-13-6-8-16-15-4-2-3-9-25(15)12-26(16)10-13/h2-4,6,8-11H,12H2,1H3,(H-,21,23,27)/p+2. The summed E-state index contributed by atoms with van der Waals surface area (Å²) in [5, 5.41) is 0.455. The van der Waals surface area contributed by atoms with Gasteiger partial charge in [0.15, 0.2) is 18.0 Å². The quantitative estimate of drug-likeness (QED) is 0.309. The number of aryl methyl sites for hydroxylation is 1. The van der Waals surface area contributed by atoms with Crippen LogP contribution in [-0.2, 0) is 13.7 Å². The summed E-state index contributed by atoms with van der Waals surface area (Å²) in [6.07, 6.45) is 5.89. The largest absolute Gasteiger partial charge is 0.369 e. The number of nitrogen functional groups attached to an aromatic ring is 1. The van der Waals surface area contributed by atoms with Crippen molar-refractivity contribution in [2.24, 2.45) is 7.05 Å². The lowest BCUT2D eigenvalue weighted by molar-refractivity contribution is -0.877. The highest BCUT2D eigenvalue weighted by molar-refractivity contribution is 5.83. The third kappa shape index (κ3) is 2.39. The molecule has 7 heteroatoms. The molecule has 1 aliphatic rings. The van der Waals surface area contributed by atoms with Crippen molar-refractivity contribution in [1.29, 1.82) is 0 Å². The van der Waals surface area contributed by atoms with Gasteiger partial charge in [-0.1, -0.05) is 11.8 Å². The summed E-state index contributed by atoms with van der Waals surface area (Å²) >= 11 is 0. The Morgan fingerprint density at radius 2 is 2.04 bits per heavy atom. The van der Waals surface area contributed by atoms with E-state index in [1.54, 1.807) is 10.8 Å². The summed E-state index contributed by atoms with van der Waals surface area (Å²) in [6.45, 7) is 0.762. The lowest BCUT2D eigenvalue weighted by Crippen LogP contribution is -2.45. The van der Waals surface area contributed by atoms with Crippen LogP contribution in [0.4, 0.5) is 5.95 Å². The first kappa shape index (κ1) is 15.3. The van der Waals surface area contributed by atoms with E-state index >= 15 is 0 Å². The number of nitrogens with zero attached hydrogens (tertiary/aromatic N) is 4. The average Bonchev–Trinajstić information content (AvgIpc) is 3.17. The number of hydrogen-bond donors (Lipinski definition) is 2. The lowest BCUT2D eigenvalue weighted by atomic mass is 10.2. The molecule has 0 aliphatic carbocycles. The van der Waals surface area contributed by atoms with Crippen molar-refractivity contribution in [2.75, 3.05) is 5.73 Å². The summed E-state index contributed by atoms with van der Waals surface area (Å²) in [5.74, 6) is 6.36. The van der Waals surface area contributed by atoms with Crippen molar-refractivity contribution in [3.63, 3.8) is 0 Å². The molecule has 1 aliphatic heterocycles. The van der Waals surface area contributed by atoms with E-state index < -0.39 is 0 Å². The van der Waals surface area contributed by atoms with E-state index in [1.807, 2.05) is 31.4 Å². The second kappa shape index (κ2) is 5.54. The Hall–Kier alpha value is -3.92. The van der Waals surface area contributed by atoms with Crippen molar-refractivity contribution in [3.8, 4) is 23.2 Å². The molecule has 0 radical (unpaired) electrons. The van der Waals surface area contributed by atoms with Crippen LogP contribution in [-0.4, -0.2) is 14.5 Å². The first-order valence-corrected chi connectivity index (χ1v) is 8.49. The zero-order chi connectivity index (χ0) is 18.5. The molecule has 0 bridgehead atoms. The van der Waals surface area contributed by atoms with E-state index in [9.17, 15) is 4.79 Å². The number of aromatic amines is 1. The van der Waals surface area contributed by atoms with Crippen molar-refractivity contribution < 1.29 is 9.13 Å². The molecule has 0 saturated heterocycles. The van der Waals surface area contributed by atoms with Gasteiger partial charge in [-0.25, -0.2) is 0 Å². The van der Waals surface area contributed by atoms with Crippen LogP contribution in [0.15, 0.2) is 53.7 Å². The van der Waals surface area contributed by atoms with E-state index in [4.69, 9.17) is 5.73 Å². The van der Waals surface area contributed by atoms with Gasteiger partial charge in [-0.2, -0.15) is 4.98 Å². The third-order valence-corrected chi connectivity index (χ3v) is 4.72. The molecule has 0 saturated carbocycles. The number of rotatable bonds is 0. The third-order valence-electron chi connectivity index (χ3n) is 4.72. The molecular weight excluding hydrogens is 340 g/mol. The van der Waals surface area contributed by atoms with E-state index in [0.717, 1.165) is 17.9 Å². The zero-order valence-electron chi connectivity index (χ0n) is 14.6. The number of hydrogen-bond acceptors (Lipinski definition) is 3. The van der Waals surface area contributed by atoms with E-state index in [2.05, 4.69) is 49.3 Å².